The Kier molecular flexibility index (Phi) is 1.65. The minimum atomic E-state index is -0.627. The van der Waals surface area contributed by atoms with Crippen LogP contribution in [0.3, 0.4) is 0 Å². The van der Waals surface area contributed by atoms with E-state index in [2.05, 4.69) is 0 Å². The Balaban J connectivity index is 3.03. The lowest BCUT2D eigenvalue weighted by molar-refractivity contribution is 0.371. The van der Waals surface area contributed by atoms with Crippen molar-refractivity contribution in [2.45, 2.75) is 6.92 Å². The van der Waals surface area contributed by atoms with Crippen LogP contribution in [0.25, 0.3) is 10.9 Å². The number of hydrogen-bond acceptors (Lipinski definition) is 1. The molecule has 0 radical (unpaired) electrons. The molecule has 3 heteroatoms. The van der Waals surface area contributed by atoms with E-state index in [1.54, 1.807) is 18.2 Å². The third-order valence-corrected chi connectivity index (χ3v) is 2.10. The molecule has 1 heterocycles. The molecule has 0 atom stereocenters. The molecule has 0 unspecified atom stereocenters. The highest BCUT2D eigenvalue weighted by Crippen LogP contribution is 2.15. The summed E-state index contributed by atoms with van der Waals surface area (Å²) in [6.45, 7) is 1.88. The van der Waals surface area contributed by atoms with Crippen molar-refractivity contribution in [1.82, 2.24) is 4.79 Å². The third kappa shape index (κ3) is 1.13. The molecule has 0 amide bonds. The zero-order chi connectivity index (χ0) is 9.42. The van der Waals surface area contributed by atoms with E-state index >= 15 is 0 Å². The highest BCUT2D eigenvalue weighted by molar-refractivity contribution is 5.81. The smallest absolute Gasteiger partial charge is 0.267 e. The zero-order valence-electron chi connectivity index (χ0n) is 7.12. The fourth-order valence-electron chi connectivity index (χ4n) is 1.39. The van der Waals surface area contributed by atoms with Gasteiger partial charge in [0.05, 0.1) is 5.52 Å². The molecule has 0 saturated carbocycles. The SMILES string of the molecule is Cc1cccc2c1ccc(=O)n2F. The minimum Gasteiger partial charge on any atom is -0.267 e. The van der Waals surface area contributed by atoms with E-state index in [9.17, 15) is 9.28 Å². The Morgan fingerprint density at radius 1 is 1.23 bits per heavy atom. The summed E-state index contributed by atoms with van der Waals surface area (Å²) in [5.41, 5.74) is 0.662. The third-order valence-electron chi connectivity index (χ3n) is 2.10. The molecule has 2 aromatic rings. The normalized spacial score (nSPS) is 10.6. The van der Waals surface area contributed by atoms with Gasteiger partial charge in [0.2, 0.25) is 0 Å². The molecule has 0 aliphatic carbocycles. The van der Waals surface area contributed by atoms with Crippen molar-refractivity contribution in [1.29, 1.82) is 0 Å². The van der Waals surface area contributed by atoms with Crippen LogP contribution in [0.1, 0.15) is 5.56 Å². The van der Waals surface area contributed by atoms with Gasteiger partial charge in [0.1, 0.15) is 0 Å². The summed E-state index contributed by atoms with van der Waals surface area (Å²) in [7, 11) is 0. The Morgan fingerprint density at radius 3 is 2.77 bits per heavy atom. The monoisotopic (exact) mass is 177 g/mol. The lowest BCUT2D eigenvalue weighted by Gasteiger charge is -2.02. The number of pyridine rings is 1. The number of aromatic nitrogens is 1. The van der Waals surface area contributed by atoms with Crippen LogP contribution in [0.5, 0.6) is 0 Å². The maximum absolute atomic E-state index is 13.2. The van der Waals surface area contributed by atoms with Gasteiger partial charge in [-0.25, -0.2) is 0 Å². The van der Waals surface area contributed by atoms with Gasteiger partial charge in [0, 0.05) is 11.5 Å². The molecule has 0 fully saturated rings. The molecule has 0 aliphatic rings. The predicted molar refractivity (Wildman–Crippen MR) is 49.5 cm³/mol. The Labute approximate surface area is 74.2 Å². The Bertz CT molecular complexity index is 516. The van der Waals surface area contributed by atoms with Gasteiger partial charge < -0.3 is 0 Å². The largest absolute Gasteiger partial charge is 0.279 e. The van der Waals surface area contributed by atoms with Crippen LogP contribution in [0, 0.1) is 6.92 Å². The van der Waals surface area contributed by atoms with Crippen LogP contribution >= 0.6 is 0 Å². The van der Waals surface area contributed by atoms with E-state index in [4.69, 9.17) is 0 Å². The predicted octanol–water partition coefficient (Wildman–Crippen LogP) is 2.04. The van der Waals surface area contributed by atoms with Crippen molar-refractivity contribution >= 4 is 10.9 Å². The van der Waals surface area contributed by atoms with Crippen LogP contribution in [0.4, 0.5) is 4.48 Å². The molecule has 0 aliphatic heterocycles. The standard InChI is InChI=1S/C10H8FNO/c1-7-3-2-4-9-8(7)5-6-10(13)12(9)11/h2-6H,1H3. The molecule has 13 heavy (non-hydrogen) atoms. The lowest BCUT2D eigenvalue weighted by Crippen LogP contribution is -2.11. The van der Waals surface area contributed by atoms with Crippen molar-refractivity contribution in [3.63, 3.8) is 0 Å². The molecular weight excluding hydrogens is 169 g/mol. The fraction of sp³-hybridized carbons (Fsp3) is 0.100. The van der Waals surface area contributed by atoms with E-state index in [-0.39, 0.29) is 4.79 Å². The van der Waals surface area contributed by atoms with Crippen LogP contribution in [0.2, 0.25) is 0 Å². The average molecular weight is 177 g/mol. The Morgan fingerprint density at radius 2 is 2.00 bits per heavy atom. The van der Waals surface area contributed by atoms with E-state index in [1.807, 2.05) is 13.0 Å². The maximum Gasteiger partial charge on any atom is 0.279 e. The molecule has 0 bridgehead atoms. The van der Waals surface area contributed by atoms with Gasteiger partial charge in [-0.15, -0.1) is 4.79 Å². The van der Waals surface area contributed by atoms with Crippen LogP contribution in [-0.4, -0.2) is 4.79 Å². The van der Waals surface area contributed by atoms with E-state index in [0.717, 1.165) is 10.9 Å². The first kappa shape index (κ1) is 7.98. The van der Waals surface area contributed by atoms with Crippen LogP contribution < -0.4 is 5.56 Å². The molecule has 2 rings (SSSR count). The number of aryl methyl sites for hydroxylation is 1. The number of nitrogens with zero attached hydrogens (tertiary/aromatic N) is 1. The molecule has 1 aromatic heterocycles. The van der Waals surface area contributed by atoms with Gasteiger partial charge in [-0.2, -0.15) is 0 Å². The molecule has 0 N–H and O–H groups in total. The van der Waals surface area contributed by atoms with Gasteiger partial charge in [0.25, 0.3) is 5.56 Å². The van der Waals surface area contributed by atoms with E-state index in [0.29, 0.717) is 5.52 Å². The first-order chi connectivity index (χ1) is 6.20. The molecular formula is C10H8FNO. The first-order valence-corrected chi connectivity index (χ1v) is 3.98. The summed E-state index contributed by atoms with van der Waals surface area (Å²) in [4.78, 5) is 11.1. The summed E-state index contributed by atoms with van der Waals surface area (Å²) < 4.78 is 13.2. The van der Waals surface area contributed by atoms with E-state index < -0.39 is 5.56 Å². The van der Waals surface area contributed by atoms with Crippen molar-refractivity contribution in [3.05, 3.63) is 46.2 Å². The molecule has 1 aromatic carbocycles. The second-order valence-corrected chi connectivity index (χ2v) is 2.96. The molecule has 0 spiro atoms. The summed E-state index contributed by atoms with van der Waals surface area (Å²) in [6, 6.07) is 8.07. The molecule has 0 saturated heterocycles. The van der Waals surface area contributed by atoms with Crippen molar-refractivity contribution in [3.8, 4) is 0 Å². The highest BCUT2D eigenvalue weighted by atomic mass is 19.2. The number of benzene rings is 1. The summed E-state index contributed by atoms with van der Waals surface area (Å²) >= 11 is 0. The summed E-state index contributed by atoms with van der Waals surface area (Å²) in [5, 5.41) is 0.768. The second-order valence-electron chi connectivity index (χ2n) is 2.96. The number of halogens is 1. The van der Waals surface area contributed by atoms with Gasteiger partial charge in [-0.05, 0) is 24.6 Å². The maximum atomic E-state index is 13.2. The fourth-order valence-corrected chi connectivity index (χ4v) is 1.39. The second kappa shape index (κ2) is 2.69. The average Bonchev–Trinajstić information content (AvgIpc) is 2.12. The van der Waals surface area contributed by atoms with Gasteiger partial charge in [-0.1, -0.05) is 16.6 Å². The highest BCUT2D eigenvalue weighted by Gasteiger charge is 2.02. The van der Waals surface area contributed by atoms with Gasteiger partial charge >= 0.3 is 0 Å². The summed E-state index contributed by atoms with van der Waals surface area (Å²) in [6.07, 6.45) is 0. The lowest BCUT2D eigenvalue weighted by atomic mass is 10.1. The van der Waals surface area contributed by atoms with Gasteiger partial charge in [-0.3, -0.25) is 4.79 Å². The van der Waals surface area contributed by atoms with E-state index in [1.165, 1.54) is 6.07 Å². The zero-order valence-corrected chi connectivity index (χ0v) is 7.12. The minimum absolute atomic E-state index is 0.169. The molecule has 2 nitrogen and oxygen atoms in total. The number of fused-ring (bicyclic) bond motifs is 1. The van der Waals surface area contributed by atoms with Crippen molar-refractivity contribution < 1.29 is 4.48 Å². The van der Waals surface area contributed by atoms with Crippen molar-refractivity contribution in [2.24, 2.45) is 0 Å². The van der Waals surface area contributed by atoms with Gasteiger partial charge in [0.15, 0.2) is 0 Å². The topological polar surface area (TPSA) is 22.0 Å². The first-order valence-electron chi connectivity index (χ1n) is 3.98. The quantitative estimate of drug-likeness (QED) is 0.603. The number of hydrogen-bond donors (Lipinski definition) is 0. The summed E-state index contributed by atoms with van der Waals surface area (Å²) in [5.74, 6) is 0. The molecule has 66 valence electrons. The van der Waals surface area contributed by atoms with Crippen LogP contribution in [0.15, 0.2) is 35.1 Å². The van der Waals surface area contributed by atoms with Crippen molar-refractivity contribution in [2.75, 3.05) is 0 Å². The number of rotatable bonds is 0. The Hall–Kier alpha value is -1.64. The van der Waals surface area contributed by atoms with Crippen LogP contribution in [-0.2, 0) is 0 Å².